The lowest BCUT2D eigenvalue weighted by atomic mass is 10.1. The van der Waals surface area contributed by atoms with Gasteiger partial charge < -0.3 is 9.88 Å². The highest BCUT2D eigenvalue weighted by atomic mass is 19.1. The molecule has 0 radical (unpaired) electrons. The highest BCUT2D eigenvalue weighted by Gasteiger charge is 2.24. The molecule has 156 valence electrons. The molecule has 0 saturated carbocycles. The third-order valence-corrected chi connectivity index (χ3v) is 5.53. The van der Waals surface area contributed by atoms with Crippen molar-refractivity contribution in [1.29, 1.82) is 0 Å². The van der Waals surface area contributed by atoms with E-state index in [1.54, 1.807) is 24.3 Å². The maximum absolute atomic E-state index is 13.5. The van der Waals surface area contributed by atoms with E-state index >= 15 is 0 Å². The number of nitrogens with one attached hydrogen (secondary N) is 1. The number of hydrogen-bond acceptors (Lipinski definition) is 3. The summed E-state index contributed by atoms with van der Waals surface area (Å²) in [5.74, 6) is 1.23. The molecule has 0 spiro atoms. The van der Waals surface area contributed by atoms with Crippen LogP contribution in [0.25, 0.3) is 11.3 Å². The molecule has 0 aliphatic carbocycles. The fraction of sp³-hybridized carbons (Fsp3) is 0.160. The Balaban J connectivity index is 1.49. The van der Waals surface area contributed by atoms with Crippen LogP contribution in [0.2, 0.25) is 0 Å². The van der Waals surface area contributed by atoms with Crippen molar-refractivity contribution in [3.05, 3.63) is 102 Å². The molecular weight excluding hydrogens is 394 g/mol. The van der Waals surface area contributed by atoms with Crippen molar-refractivity contribution in [3.63, 3.8) is 0 Å². The molecule has 4 aromatic rings. The molecule has 0 bridgehead atoms. The summed E-state index contributed by atoms with van der Waals surface area (Å²) in [6.07, 6.45) is 0. The zero-order valence-electron chi connectivity index (χ0n) is 16.9. The highest BCUT2D eigenvalue weighted by molar-refractivity contribution is 5.76. The van der Waals surface area contributed by atoms with Crippen molar-refractivity contribution in [2.24, 2.45) is 0 Å². The molecule has 1 aliphatic rings. The average molecular weight is 416 g/mol. The van der Waals surface area contributed by atoms with Gasteiger partial charge in [0.15, 0.2) is 0 Å². The van der Waals surface area contributed by atoms with Crippen LogP contribution >= 0.6 is 0 Å². The molecule has 0 amide bonds. The van der Waals surface area contributed by atoms with E-state index in [9.17, 15) is 8.78 Å². The van der Waals surface area contributed by atoms with Gasteiger partial charge in [-0.05, 0) is 54.1 Å². The Bertz CT molecular complexity index is 1170. The lowest BCUT2D eigenvalue weighted by Gasteiger charge is -2.28. The first-order chi connectivity index (χ1) is 15.2. The van der Waals surface area contributed by atoms with Crippen molar-refractivity contribution in [2.45, 2.75) is 19.6 Å². The van der Waals surface area contributed by atoms with Crippen LogP contribution in [0.1, 0.15) is 11.4 Å². The maximum atomic E-state index is 13.5. The summed E-state index contributed by atoms with van der Waals surface area (Å²) in [7, 11) is 0. The summed E-state index contributed by atoms with van der Waals surface area (Å²) in [5, 5.41) is 3.41. The first kappa shape index (κ1) is 19.5. The smallest absolute Gasteiger partial charge is 0.138 e. The number of benzene rings is 3. The first-order valence-electron chi connectivity index (χ1n) is 10.3. The molecule has 4 nitrogen and oxygen atoms in total. The molecule has 31 heavy (non-hydrogen) atoms. The Labute approximate surface area is 179 Å². The van der Waals surface area contributed by atoms with Crippen LogP contribution in [0.4, 0.5) is 20.3 Å². The quantitative estimate of drug-likeness (QED) is 0.461. The first-order valence-corrected chi connectivity index (χ1v) is 10.3. The minimum Gasteiger partial charge on any atom is -0.340 e. The standard InChI is InChI=1S/C25H22F2N4/c26-20-8-6-19(7-9-20)24-25(28-22-12-10-21(27)11-13-22)31-15-14-30(17-23(31)29-24)16-18-4-2-1-3-5-18/h1-13,28H,14-17H2. The zero-order valence-corrected chi connectivity index (χ0v) is 16.9. The third-order valence-electron chi connectivity index (χ3n) is 5.53. The number of imidazole rings is 1. The van der Waals surface area contributed by atoms with Crippen LogP contribution in [-0.4, -0.2) is 21.0 Å². The fourth-order valence-corrected chi connectivity index (χ4v) is 3.96. The summed E-state index contributed by atoms with van der Waals surface area (Å²) in [5.41, 5.74) is 3.65. The van der Waals surface area contributed by atoms with Crippen LogP contribution in [0.3, 0.4) is 0 Å². The number of fused-ring (bicyclic) bond motifs is 1. The number of halogens is 2. The number of rotatable bonds is 5. The van der Waals surface area contributed by atoms with Crippen LogP contribution in [0.5, 0.6) is 0 Å². The second kappa shape index (κ2) is 8.32. The molecule has 0 saturated heterocycles. The van der Waals surface area contributed by atoms with E-state index in [1.807, 2.05) is 6.07 Å². The molecule has 6 heteroatoms. The van der Waals surface area contributed by atoms with Gasteiger partial charge in [0.05, 0.1) is 6.54 Å². The van der Waals surface area contributed by atoms with Crippen molar-refractivity contribution in [3.8, 4) is 11.3 Å². The average Bonchev–Trinajstić information content (AvgIpc) is 3.14. The monoisotopic (exact) mass is 416 g/mol. The molecule has 1 N–H and O–H groups in total. The van der Waals surface area contributed by atoms with E-state index in [-0.39, 0.29) is 11.6 Å². The van der Waals surface area contributed by atoms with Gasteiger partial charge in [0.2, 0.25) is 0 Å². The van der Waals surface area contributed by atoms with Gasteiger partial charge in [-0.3, -0.25) is 4.90 Å². The highest BCUT2D eigenvalue weighted by Crippen LogP contribution is 2.33. The summed E-state index contributed by atoms with van der Waals surface area (Å²) < 4.78 is 29.0. The summed E-state index contributed by atoms with van der Waals surface area (Å²) in [4.78, 5) is 7.29. The van der Waals surface area contributed by atoms with Gasteiger partial charge in [0, 0.05) is 30.9 Å². The molecule has 1 aromatic heterocycles. The second-order valence-electron chi connectivity index (χ2n) is 7.71. The molecule has 0 atom stereocenters. The van der Waals surface area contributed by atoms with Gasteiger partial charge in [-0.15, -0.1) is 0 Å². The number of hydrogen-bond donors (Lipinski definition) is 1. The van der Waals surface area contributed by atoms with E-state index in [4.69, 9.17) is 4.98 Å². The molecule has 1 aliphatic heterocycles. The Morgan fingerprint density at radius 2 is 1.48 bits per heavy atom. The summed E-state index contributed by atoms with van der Waals surface area (Å²) >= 11 is 0. The molecule has 3 aromatic carbocycles. The molecule has 5 rings (SSSR count). The lowest BCUT2D eigenvalue weighted by molar-refractivity contribution is 0.210. The minimum absolute atomic E-state index is 0.281. The summed E-state index contributed by atoms with van der Waals surface area (Å²) in [6, 6.07) is 23.0. The Morgan fingerprint density at radius 1 is 0.806 bits per heavy atom. The topological polar surface area (TPSA) is 33.1 Å². The van der Waals surface area contributed by atoms with Crippen LogP contribution in [-0.2, 0) is 19.6 Å². The van der Waals surface area contributed by atoms with Crippen molar-refractivity contribution in [1.82, 2.24) is 14.5 Å². The van der Waals surface area contributed by atoms with Crippen LogP contribution in [0.15, 0.2) is 78.9 Å². The van der Waals surface area contributed by atoms with Gasteiger partial charge in [-0.2, -0.15) is 0 Å². The van der Waals surface area contributed by atoms with Crippen molar-refractivity contribution >= 4 is 11.5 Å². The van der Waals surface area contributed by atoms with E-state index in [0.717, 1.165) is 48.2 Å². The Morgan fingerprint density at radius 3 is 2.19 bits per heavy atom. The van der Waals surface area contributed by atoms with Gasteiger partial charge in [0.1, 0.15) is 29.0 Å². The normalized spacial score (nSPS) is 13.7. The predicted octanol–water partition coefficient (Wildman–Crippen LogP) is 5.59. The maximum Gasteiger partial charge on any atom is 0.138 e. The molecule has 0 unspecified atom stereocenters. The van der Waals surface area contributed by atoms with Crippen LogP contribution < -0.4 is 5.32 Å². The second-order valence-corrected chi connectivity index (χ2v) is 7.71. The largest absolute Gasteiger partial charge is 0.340 e. The molecule has 2 heterocycles. The van der Waals surface area contributed by atoms with Crippen LogP contribution in [0, 0.1) is 11.6 Å². The lowest BCUT2D eigenvalue weighted by Crippen LogP contribution is -2.33. The zero-order chi connectivity index (χ0) is 21.2. The number of nitrogens with zero attached hydrogens (tertiary/aromatic N) is 3. The fourth-order valence-electron chi connectivity index (χ4n) is 3.96. The van der Waals surface area contributed by atoms with E-state index in [0.29, 0.717) is 6.54 Å². The van der Waals surface area contributed by atoms with Gasteiger partial charge in [-0.1, -0.05) is 30.3 Å². The van der Waals surface area contributed by atoms with E-state index in [1.165, 1.54) is 29.8 Å². The van der Waals surface area contributed by atoms with Crippen molar-refractivity contribution < 1.29 is 8.78 Å². The molecular formula is C25H22F2N4. The van der Waals surface area contributed by atoms with Crippen molar-refractivity contribution in [2.75, 3.05) is 11.9 Å². The third kappa shape index (κ3) is 4.20. The number of anilines is 2. The molecule has 0 fully saturated rings. The SMILES string of the molecule is Fc1ccc(Nc2c(-c3ccc(F)cc3)nc3n2CCN(Cc2ccccc2)C3)cc1. The van der Waals surface area contributed by atoms with E-state index in [2.05, 4.69) is 39.0 Å². The van der Waals surface area contributed by atoms with Gasteiger partial charge in [-0.25, -0.2) is 13.8 Å². The van der Waals surface area contributed by atoms with Gasteiger partial charge >= 0.3 is 0 Å². The predicted molar refractivity (Wildman–Crippen MR) is 118 cm³/mol. The van der Waals surface area contributed by atoms with Gasteiger partial charge in [0.25, 0.3) is 0 Å². The van der Waals surface area contributed by atoms with E-state index < -0.39 is 0 Å². The Kier molecular flexibility index (Phi) is 5.22. The minimum atomic E-state index is -0.283. The summed E-state index contributed by atoms with van der Waals surface area (Å²) in [6.45, 7) is 3.24. The Hall–Kier alpha value is -3.51. The number of aromatic nitrogens is 2.